The van der Waals surface area contributed by atoms with Crippen LogP contribution < -0.4 is 0 Å². The number of hydrogen-bond donors (Lipinski definition) is 0. The van der Waals surface area contributed by atoms with Crippen molar-refractivity contribution in [2.45, 2.75) is 6.92 Å². The van der Waals surface area contributed by atoms with E-state index >= 15 is 0 Å². The monoisotopic (exact) mass is 871 g/mol. The van der Waals surface area contributed by atoms with Crippen molar-refractivity contribution in [3.05, 3.63) is 277 Å². The molecule has 9 aromatic carbocycles. The SMILES string of the molecule is C\C=C(/C(=C(\C(=C\c1ccc(-c2nc(-c3ccc(-c4ccccc4)cc3)nc(-c3ccc4c(c3)oc3ccccc34)n2)cc1)c1ccccc1)c1ccccc1)c1ccccc1)c1ccccc1. The molecule has 0 saturated carbocycles. The van der Waals surface area contributed by atoms with Gasteiger partial charge in [0.2, 0.25) is 0 Å². The smallest absolute Gasteiger partial charge is 0.164 e. The Labute approximate surface area is 396 Å². The van der Waals surface area contributed by atoms with Crippen LogP contribution in [-0.2, 0) is 0 Å². The van der Waals surface area contributed by atoms with E-state index in [2.05, 4.69) is 231 Å². The van der Waals surface area contributed by atoms with Gasteiger partial charge in [0.05, 0.1) is 0 Å². The lowest BCUT2D eigenvalue weighted by Gasteiger charge is -2.23. The second kappa shape index (κ2) is 18.9. The van der Waals surface area contributed by atoms with E-state index in [4.69, 9.17) is 19.4 Å². The number of furan rings is 1. The summed E-state index contributed by atoms with van der Waals surface area (Å²) in [6.45, 7) is 2.13. The normalized spacial score (nSPS) is 12.3. The summed E-state index contributed by atoms with van der Waals surface area (Å²) in [6, 6.07) is 84.6. The van der Waals surface area contributed by atoms with Gasteiger partial charge in [0, 0.05) is 27.5 Å². The number of para-hydroxylation sites is 1. The molecule has 0 fully saturated rings. The van der Waals surface area contributed by atoms with Gasteiger partial charge in [-0.2, -0.15) is 0 Å². The molecule has 0 bridgehead atoms. The molecule has 0 aliphatic heterocycles. The van der Waals surface area contributed by atoms with E-state index in [0.29, 0.717) is 17.5 Å². The van der Waals surface area contributed by atoms with E-state index in [-0.39, 0.29) is 0 Å². The average molecular weight is 872 g/mol. The van der Waals surface area contributed by atoms with E-state index in [0.717, 1.165) is 99.9 Å². The molecule has 4 nitrogen and oxygen atoms in total. The third-order valence-electron chi connectivity index (χ3n) is 12.4. The molecule has 11 rings (SSSR count). The van der Waals surface area contributed by atoms with Crippen LogP contribution in [0.15, 0.2) is 253 Å². The Balaban J connectivity index is 1.06. The van der Waals surface area contributed by atoms with Crippen molar-refractivity contribution in [3.63, 3.8) is 0 Å². The molecule has 0 saturated heterocycles. The fraction of sp³-hybridized carbons (Fsp3) is 0.0156. The van der Waals surface area contributed by atoms with E-state index in [1.807, 2.05) is 30.3 Å². The quantitative estimate of drug-likeness (QED) is 0.0960. The van der Waals surface area contributed by atoms with Crippen molar-refractivity contribution in [2.24, 2.45) is 0 Å². The number of fused-ring (bicyclic) bond motifs is 3. The van der Waals surface area contributed by atoms with Crippen LogP contribution in [-0.4, -0.2) is 15.0 Å². The Kier molecular flexibility index (Phi) is 11.6. The molecule has 0 spiro atoms. The average Bonchev–Trinajstić information content (AvgIpc) is 3.80. The van der Waals surface area contributed by atoms with Gasteiger partial charge in [0.25, 0.3) is 0 Å². The fourth-order valence-electron chi connectivity index (χ4n) is 9.03. The van der Waals surface area contributed by atoms with Crippen molar-refractivity contribution in [2.75, 3.05) is 0 Å². The van der Waals surface area contributed by atoms with Gasteiger partial charge in [-0.25, -0.2) is 15.0 Å². The highest BCUT2D eigenvalue weighted by atomic mass is 16.3. The summed E-state index contributed by atoms with van der Waals surface area (Å²) in [5.41, 5.74) is 16.6. The Morgan fingerprint density at radius 3 is 1.29 bits per heavy atom. The lowest BCUT2D eigenvalue weighted by atomic mass is 9.80. The Morgan fingerprint density at radius 1 is 0.338 bits per heavy atom. The molecular weight excluding hydrogens is 827 g/mol. The van der Waals surface area contributed by atoms with E-state index in [1.165, 1.54) is 0 Å². The first-order chi connectivity index (χ1) is 33.7. The molecule has 2 aromatic heterocycles. The Hall–Kier alpha value is -8.99. The number of allylic oxidation sites excluding steroid dienone is 5. The van der Waals surface area contributed by atoms with E-state index < -0.39 is 0 Å². The summed E-state index contributed by atoms with van der Waals surface area (Å²) in [5.74, 6) is 1.74. The molecule has 0 N–H and O–H groups in total. The molecule has 2 heterocycles. The molecule has 0 aliphatic carbocycles. The van der Waals surface area contributed by atoms with Crippen molar-refractivity contribution in [3.8, 4) is 45.3 Å². The summed E-state index contributed by atoms with van der Waals surface area (Å²) in [4.78, 5) is 15.4. The maximum absolute atomic E-state index is 6.32. The van der Waals surface area contributed by atoms with Crippen molar-refractivity contribution in [1.82, 2.24) is 15.0 Å². The predicted molar refractivity (Wildman–Crippen MR) is 283 cm³/mol. The van der Waals surface area contributed by atoms with Gasteiger partial charge >= 0.3 is 0 Å². The van der Waals surface area contributed by atoms with Gasteiger partial charge in [-0.05, 0) is 92.4 Å². The summed E-state index contributed by atoms with van der Waals surface area (Å²) < 4.78 is 6.32. The number of benzene rings is 9. The van der Waals surface area contributed by atoms with Gasteiger partial charge in [-0.1, -0.05) is 231 Å². The topological polar surface area (TPSA) is 51.8 Å². The van der Waals surface area contributed by atoms with Crippen molar-refractivity contribution >= 4 is 50.3 Å². The van der Waals surface area contributed by atoms with Gasteiger partial charge in [0.1, 0.15) is 11.2 Å². The molecular formula is C64H45N3O. The van der Waals surface area contributed by atoms with Gasteiger partial charge in [-0.3, -0.25) is 0 Å². The van der Waals surface area contributed by atoms with Gasteiger partial charge in [0.15, 0.2) is 17.5 Å². The highest BCUT2D eigenvalue weighted by Crippen LogP contribution is 2.45. The van der Waals surface area contributed by atoms with Crippen LogP contribution >= 0.6 is 0 Å². The minimum Gasteiger partial charge on any atom is -0.456 e. The lowest BCUT2D eigenvalue weighted by molar-refractivity contribution is 0.669. The van der Waals surface area contributed by atoms with Crippen LogP contribution in [0.5, 0.6) is 0 Å². The van der Waals surface area contributed by atoms with Crippen LogP contribution in [0.3, 0.4) is 0 Å². The molecule has 0 atom stereocenters. The Bertz CT molecular complexity index is 3620. The van der Waals surface area contributed by atoms with Crippen molar-refractivity contribution < 1.29 is 4.42 Å². The number of rotatable bonds is 11. The highest BCUT2D eigenvalue weighted by Gasteiger charge is 2.22. The van der Waals surface area contributed by atoms with Crippen LogP contribution in [0.1, 0.15) is 34.7 Å². The molecule has 11 aromatic rings. The summed E-state index contributed by atoms with van der Waals surface area (Å²) in [5, 5.41) is 2.13. The number of hydrogen-bond acceptors (Lipinski definition) is 4. The lowest BCUT2D eigenvalue weighted by Crippen LogP contribution is -2.00. The van der Waals surface area contributed by atoms with Crippen molar-refractivity contribution in [1.29, 1.82) is 0 Å². The van der Waals surface area contributed by atoms with E-state index in [1.54, 1.807) is 0 Å². The minimum atomic E-state index is 0.569. The molecule has 322 valence electrons. The van der Waals surface area contributed by atoms with Crippen LogP contribution in [0.25, 0.3) is 95.6 Å². The fourth-order valence-corrected chi connectivity index (χ4v) is 9.03. The summed E-state index contributed by atoms with van der Waals surface area (Å²) >= 11 is 0. The van der Waals surface area contributed by atoms with Gasteiger partial charge < -0.3 is 4.42 Å². The first-order valence-electron chi connectivity index (χ1n) is 23.0. The largest absolute Gasteiger partial charge is 0.456 e. The third kappa shape index (κ3) is 8.51. The zero-order valence-corrected chi connectivity index (χ0v) is 37.5. The summed E-state index contributed by atoms with van der Waals surface area (Å²) in [6.07, 6.45) is 4.55. The second-order valence-electron chi connectivity index (χ2n) is 16.7. The summed E-state index contributed by atoms with van der Waals surface area (Å²) in [7, 11) is 0. The first-order valence-corrected chi connectivity index (χ1v) is 23.0. The number of aromatic nitrogens is 3. The first kappa shape index (κ1) is 41.7. The second-order valence-corrected chi connectivity index (χ2v) is 16.7. The highest BCUT2D eigenvalue weighted by molar-refractivity contribution is 6.27. The maximum atomic E-state index is 6.32. The molecule has 4 heteroatoms. The van der Waals surface area contributed by atoms with E-state index in [9.17, 15) is 0 Å². The van der Waals surface area contributed by atoms with Crippen LogP contribution in [0, 0.1) is 0 Å². The standard InChI is InChI=1S/C64H45N3O/c1-2-54(47-22-10-4-11-23-47)60(49-26-14-6-15-27-49)61(50-28-16-7-17-29-50)57(48-24-12-5-13-25-48)42-44-32-34-51(35-33-44)62-65-63(52-38-36-46(37-39-52)45-20-8-3-9-21-45)67-64(66-62)53-40-41-56-55-30-18-19-31-58(55)68-59(56)43-53/h2-43H,1H3/b54-2-,57-42+,61-60-. The molecule has 0 aliphatic rings. The van der Waals surface area contributed by atoms with Gasteiger partial charge in [-0.15, -0.1) is 0 Å². The molecule has 0 unspecified atom stereocenters. The van der Waals surface area contributed by atoms with Crippen LogP contribution in [0.2, 0.25) is 0 Å². The third-order valence-corrected chi connectivity index (χ3v) is 12.4. The molecule has 0 amide bonds. The molecule has 68 heavy (non-hydrogen) atoms. The predicted octanol–water partition coefficient (Wildman–Crippen LogP) is 16.7. The number of nitrogens with zero attached hydrogens (tertiary/aromatic N) is 3. The van der Waals surface area contributed by atoms with Crippen LogP contribution in [0.4, 0.5) is 0 Å². The Morgan fingerprint density at radius 2 is 0.735 bits per heavy atom. The zero-order valence-electron chi connectivity index (χ0n) is 37.5. The molecule has 0 radical (unpaired) electrons. The zero-order chi connectivity index (χ0) is 45.7. The maximum Gasteiger partial charge on any atom is 0.164 e. The minimum absolute atomic E-state index is 0.569.